The van der Waals surface area contributed by atoms with Crippen LogP contribution in [0.1, 0.15) is 29.6 Å². The number of piperidine rings is 1. The van der Waals surface area contributed by atoms with E-state index in [1.165, 1.54) is 6.20 Å². The minimum Gasteiger partial charge on any atom is -0.384 e. The van der Waals surface area contributed by atoms with Crippen molar-refractivity contribution in [3.63, 3.8) is 0 Å². The van der Waals surface area contributed by atoms with Gasteiger partial charge in [-0.1, -0.05) is 0 Å². The van der Waals surface area contributed by atoms with Gasteiger partial charge in [-0.25, -0.2) is 4.98 Å². The summed E-state index contributed by atoms with van der Waals surface area (Å²) in [5, 5.41) is 2.86. The number of nitrogens with zero attached hydrogens (tertiary/aromatic N) is 2. The number of rotatable bonds is 6. The van der Waals surface area contributed by atoms with Gasteiger partial charge in [-0.15, -0.1) is 0 Å². The first-order valence-corrected chi connectivity index (χ1v) is 7.45. The van der Waals surface area contributed by atoms with Crippen LogP contribution in [0.15, 0.2) is 18.3 Å². The number of amides is 1. The predicted molar refractivity (Wildman–Crippen MR) is 82.1 cm³/mol. The third-order valence-electron chi connectivity index (χ3n) is 3.67. The number of carbonyl (C=O) groups is 1. The van der Waals surface area contributed by atoms with Gasteiger partial charge < -0.3 is 20.7 Å². The molecule has 0 spiro atoms. The highest BCUT2D eigenvalue weighted by Crippen LogP contribution is 2.12. The van der Waals surface area contributed by atoms with Crippen molar-refractivity contribution >= 4 is 11.7 Å². The van der Waals surface area contributed by atoms with Crippen LogP contribution in [0.25, 0.3) is 0 Å². The maximum absolute atomic E-state index is 11.8. The highest BCUT2D eigenvalue weighted by Gasteiger charge is 2.16. The molecular formula is C15H24N4O2. The van der Waals surface area contributed by atoms with Crippen molar-refractivity contribution in [2.45, 2.75) is 25.4 Å². The molecule has 1 aliphatic rings. The average Bonchev–Trinajstić information content (AvgIpc) is 2.49. The average molecular weight is 292 g/mol. The van der Waals surface area contributed by atoms with Crippen molar-refractivity contribution < 1.29 is 9.53 Å². The van der Waals surface area contributed by atoms with Gasteiger partial charge in [-0.3, -0.25) is 4.79 Å². The maximum atomic E-state index is 11.8. The van der Waals surface area contributed by atoms with Crippen molar-refractivity contribution in [3.8, 4) is 0 Å². The first kappa shape index (κ1) is 15.7. The molecule has 1 aliphatic heterocycles. The Morgan fingerprint density at radius 1 is 1.48 bits per heavy atom. The number of ether oxygens (including phenoxy) is 1. The summed E-state index contributed by atoms with van der Waals surface area (Å²) in [7, 11) is 2.14. The van der Waals surface area contributed by atoms with Crippen LogP contribution in [-0.4, -0.2) is 55.2 Å². The molecule has 6 nitrogen and oxygen atoms in total. The minimum absolute atomic E-state index is 0.123. The fourth-order valence-corrected chi connectivity index (χ4v) is 2.32. The van der Waals surface area contributed by atoms with Gasteiger partial charge in [0.2, 0.25) is 0 Å². The molecular weight excluding hydrogens is 268 g/mol. The topological polar surface area (TPSA) is 80.5 Å². The van der Waals surface area contributed by atoms with Crippen molar-refractivity contribution in [1.82, 2.24) is 15.2 Å². The molecule has 1 aromatic rings. The lowest BCUT2D eigenvalue weighted by molar-refractivity contribution is 0.0117. The Balaban J connectivity index is 1.57. The van der Waals surface area contributed by atoms with E-state index in [1.54, 1.807) is 12.1 Å². The minimum atomic E-state index is -0.123. The normalized spacial score (nSPS) is 16.8. The Bertz CT molecular complexity index is 441. The summed E-state index contributed by atoms with van der Waals surface area (Å²) in [6, 6.07) is 3.30. The van der Waals surface area contributed by atoms with E-state index < -0.39 is 0 Å². The molecule has 0 saturated carbocycles. The van der Waals surface area contributed by atoms with Crippen molar-refractivity contribution in [3.05, 3.63) is 23.9 Å². The number of nitrogens with two attached hydrogens (primary N) is 1. The third kappa shape index (κ3) is 5.32. The van der Waals surface area contributed by atoms with Gasteiger partial charge in [-0.05, 0) is 38.4 Å². The quantitative estimate of drug-likeness (QED) is 0.761. The largest absolute Gasteiger partial charge is 0.384 e. The van der Waals surface area contributed by atoms with Crippen LogP contribution in [-0.2, 0) is 4.74 Å². The van der Waals surface area contributed by atoms with Crippen molar-refractivity contribution in [1.29, 1.82) is 0 Å². The lowest BCUT2D eigenvalue weighted by Gasteiger charge is -2.28. The first-order valence-electron chi connectivity index (χ1n) is 7.45. The van der Waals surface area contributed by atoms with Gasteiger partial charge in [0.1, 0.15) is 5.82 Å². The number of hydrogen-bond donors (Lipinski definition) is 2. The number of nitrogen functional groups attached to an aromatic ring is 1. The van der Waals surface area contributed by atoms with E-state index in [0.29, 0.717) is 30.6 Å². The molecule has 0 bridgehead atoms. The highest BCUT2D eigenvalue weighted by molar-refractivity contribution is 5.93. The van der Waals surface area contributed by atoms with Crippen LogP contribution >= 0.6 is 0 Å². The second kappa shape index (κ2) is 7.95. The van der Waals surface area contributed by atoms with E-state index in [-0.39, 0.29) is 5.91 Å². The zero-order chi connectivity index (χ0) is 15.1. The first-order chi connectivity index (χ1) is 10.1. The van der Waals surface area contributed by atoms with E-state index in [2.05, 4.69) is 22.2 Å². The number of likely N-dealkylation sites (tertiary alicyclic amines) is 1. The number of aromatic nitrogens is 1. The molecule has 0 aromatic carbocycles. The van der Waals surface area contributed by atoms with Crippen LogP contribution < -0.4 is 11.1 Å². The van der Waals surface area contributed by atoms with Crippen LogP contribution in [0, 0.1) is 0 Å². The Morgan fingerprint density at radius 3 is 2.90 bits per heavy atom. The van der Waals surface area contributed by atoms with Gasteiger partial charge in [0, 0.05) is 32.4 Å². The fraction of sp³-hybridized carbons (Fsp3) is 0.600. The molecule has 116 valence electrons. The van der Waals surface area contributed by atoms with Crippen LogP contribution in [0.2, 0.25) is 0 Å². The van der Waals surface area contributed by atoms with E-state index in [9.17, 15) is 4.79 Å². The van der Waals surface area contributed by atoms with Gasteiger partial charge in [0.15, 0.2) is 0 Å². The summed E-state index contributed by atoms with van der Waals surface area (Å²) >= 11 is 0. The molecule has 0 atom stereocenters. The molecule has 1 saturated heterocycles. The Kier molecular flexibility index (Phi) is 5.95. The second-order valence-corrected chi connectivity index (χ2v) is 5.45. The number of nitrogens with one attached hydrogen (secondary N) is 1. The molecule has 1 aromatic heterocycles. The number of anilines is 1. The van der Waals surface area contributed by atoms with Gasteiger partial charge >= 0.3 is 0 Å². The fourth-order valence-electron chi connectivity index (χ4n) is 2.32. The van der Waals surface area contributed by atoms with Crippen molar-refractivity contribution in [2.75, 3.05) is 39.0 Å². The van der Waals surface area contributed by atoms with Gasteiger partial charge in [0.25, 0.3) is 5.91 Å². The lowest BCUT2D eigenvalue weighted by Crippen LogP contribution is -2.34. The summed E-state index contributed by atoms with van der Waals surface area (Å²) in [5.74, 6) is 0.292. The highest BCUT2D eigenvalue weighted by atomic mass is 16.5. The number of pyridine rings is 1. The summed E-state index contributed by atoms with van der Waals surface area (Å²) < 4.78 is 5.83. The smallest absolute Gasteiger partial charge is 0.252 e. The molecule has 3 N–H and O–H groups in total. The van der Waals surface area contributed by atoms with Gasteiger partial charge in [0.05, 0.1) is 11.7 Å². The molecule has 21 heavy (non-hydrogen) atoms. The molecule has 1 fully saturated rings. The van der Waals surface area contributed by atoms with Gasteiger partial charge in [-0.2, -0.15) is 0 Å². The molecule has 1 amide bonds. The van der Waals surface area contributed by atoms with Crippen LogP contribution in [0.4, 0.5) is 5.82 Å². The molecule has 6 heteroatoms. The summed E-state index contributed by atoms with van der Waals surface area (Å²) in [6.45, 7) is 3.50. The molecule has 0 aliphatic carbocycles. The van der Waals surface area contributed by atoms with Crippen molar-refractivity contribution in [2.24, 2.45) is 0 Å². The SMILES string of the molecule is CN1CCC(OCCCNC(=O)c2ccc(N)nc2)CC1. The summed E-state index contributed by atoms with van der Waals surface area (Å²) in [4.78, 5) is 18.0. The second-order valence-electron chi connectivity index (χ2n) is 5.45. The summed E-state index contributed by atoms with van der Waals surface area (Å²) in [5.41, 5.74) is 6.01. The molecule has 0 unspecified atom stereocenters. The van der Waals surface area contributed by atoms with Crippen LogP contribution in [0.3, 0.4) is 0 Å². The van der Waals surface area contributed by atoms with E-state index in [0.717, 1.165) is 32.4 Å². The molecule has 2 rings (SSSR count). The summed E-state index contributed by atoms with van der Waals surface area (Å²) in [6.07, 6.45) is 4.87. The van der Waals surface area contributed by atoms with E-state index in [1.807, 2.05) is 0 Å². The zero-order valence-electron chi connectivity index (χ0n) is 12.5. The Hall–Kier alpha value is -1.66. The lowest BCUT2D eigenvalue weighted by atomic mass is 10.1. The maximum Gasteiger partial charge on any atom is 0.252 e. The third-order valence-corrected chi connectivity index (χ3v) is 3.67. The molecule has 0 radical (unpaired) electrons. The van der Waals surface area contributed by atoms with Crippen LogP contribution in [0.5, 0.6) is 0 Å². The number of hydrogen-bond acceptors (Lipinski definition) is 5. The monoisotopic (exact) mass is 292 g/mol. The predicted octanol–water partition coefficient (Wildman–Crippen LogP) is 0.895. The zero-order valence-corrected chi connectivity index (χ0v) is 12.5. The Morgan fingerprint density at radius 2 is 2.24 bits per heavy atom. The van der Waals surface area contributed by atoms with E-state index in [4.69, 9.17) is 10.5 Å². The Labute approximate surface area is 125 Å². The molecule has 2 heterocycles. The number of carbonyl (C=O) groups excluding carboxylic acids is 1. The van der Waals surface area contributed by atoms with E-state index >= 15 is 0 Å². The standard InChI is InChI=1S/C15H24N4O2/c1-19-8-5-13(6-9-19)21-10-2-7-17-15(20)12-3-4-14(16)18-11-12/h3-4,11,13H,2,5-10H2,1H3,(H2,16,18)(H,17,20).